The molecule has 1 heterocycles. The largest absolute Gasteiger partial charge is 0.385 e. The van der Waals surface area contributed by atoms with Gasteiger partial charge in [-0.15, -0.1) is 0 Å². The van der Waals surface area contributed by atoms with Crippen LogP contribution in [0.2, 0.25) is 0 Å². The molecule has 7 heteroatoms. The number of hydrogen-bond acceptors (Lipinski definition) is 5. The van der Waals surface area contributed by atoms with Crippen molar-refractivity contribution in [3.8, 4) is 0 Å². The molecule has 0 saturated heterocycles. The summed E-state index contributed by atoms with van der Waals surface area (Å²) in [5.74, 6) is 0.0864. The summed E-state index contributed by atoms with van der Waals surface area (Å²) >= 11 is 0. The Bertz CT molecular complexity index is 707. The van der Waals surface area contributed by atoms with E-state index in [0.717, 1.165) is 12.2 Å². The van der Waals surface area contributed by atoms with Gasteiger partial charge in [0.1, 0.15) is 0 Å². The van der Waals surface area contributed by atoms with Gasteiger partial charge >= 0.3 is 0 Å². The van der Waals surface area contributed by atoms with Gasteiger partial charge in [0.25, 0.3) is 10.0 Å². The summed E-state index contributed by atoms with van der Waals surface area (Å²) in [5.41, 5.74) is 2.30. The van der Waals surface area contributed by atoms with Gasteiger partial charge in [0.2, 0.25) is 5.95 Å². The van der Waals surface area contributed by atoms with Crippen LogP contribution in [0.5, 0.6) is 0 Å². The van der Waals surface area contributed by atoms with Crippen LogP contribution in [-0.4, -0.2) is 24.9 Å². The van der Waals surface area contributed by atoms with E-state index in [1.807, 2.05) is 6.92 Å². The van der Waals surface area contributed by atoms with E-state index in [4.69, 9.17) is 0 Å². The Labute approximate surface area is 124 Å². The molecule has 0 radical (unpaired) electrons. The summed E-state index contributed by atoms with van der Waals surface area (Å²) in [6.07, 6.45) is 0. The topological polar surface area (TPSA) is 84.0 Å². The molecule has 0 aliphatic carbocycles. The van der Waals surface area contributed by atoms with E-state index >= 15 is 0 Å². The van der Waals surface area contributed by atoms with Gasteiger partial charge in [0.15, 0.2) is 0 Å². The van der Waals surface area contributed by atoms with Crippen molar-refractivity contribution in [2.24, 2.45) is 0 Å². The minimum absolute atomic E-state index is 0.0864. The van der Waals surface area contributed by atoms with Crippen LogP contribution < -0.4 is 10.0 Å². The quantitative estimate of drug-likeness (QED) is 0.885. The maximum absolute atomic E-state index is 12.3. The molecule has 0 amide bonds. The summed E-state index contributed by atoms with van der Waals surface area (Å²) in [5, 5.41) is 3.11. The van der Waals surface area contributed by atoms with Gasteiger partial charge in [-0.2, -0.15) is 0 Å². The van der Waals surface area contributed by atoms with Gasteiger partial charge in [-0.05, 0) is 51.1 Å². The summed E-state index contributed by atoms with van der Waals surface area (Å²) in [6, 6.07) is 8.32. The molecular weight excluding hydrogens is 288 g/mol. The Morgan fingerprint density at radius 2 is 1.62 bits per heavy atom. The molecule has 0 saturated carbocycles. The van der Waals surface area contributed by atoms with Crippen molar-refractivity contribution in [3.63, 3.8) is 0 Å². The fraction of sp³-hybridized carbons (Fsp3) is 0.286. The molecule has 1 aromatic carbocycles. The standard InChI is InChI=1S/C14H18N4O2S/c1-4-15-12-5-7-13(8-6-12)21(19,20)18-14-16-10(2)9-11(3)17-14/h5-9,15H,4H2,1-3H3,(H,16,17,18). The number of benzene rings is 1. The van der Waals surface area contributed by atoms with E-state index < -0.39 is 10.0 Å². The Kier molecular flexibility index (Phi) is 4.42. The third kappa shape index (κ3) is 3.91. The van der Waals surface area contributed by atoms with Gasteiger partial charge < -0.3 is 5.32 Å². The van der Waals surface area contributed by atoms with Crippen LogP contribution in [0.1, 0.15) is 18.3 Å². The van der Waals surface area contributed by atoms with Crippen molar-refractivity contribution < 1.29 is 8.42 Å². The highest BCUT2D eigenvalue weighted by Gasteiger charge is 2.15. The van der Waals surface area contributed by atoms with Gasteiger partial charge in [0, 0.05) is 23.6 Å². The van der Waals surface area contributed by atoms with E-state index in [9.17, 15) is 8.42 Å². The minimum atomic E-state index is -3.68. The van der Waals surface area contributed by atoms with Crippen molar-refractivity contribution in [3.05, 3.63) is 41.7 Å². The highest BCUT2D eigenvalue weighted by molar-refractivity contribution is 7.92. The molecule has 1 aromatic heterocycles. The summed E-state index contributed by atoms with van der Waals surface area (Å²) in [7, 11) is -3.68. The maximum atomic E-state index is 12.3. The van der Waals surface area contributed by atoms with Crippen LogP contribution in [0.25, 0.3) is 0 Å². The van der Waals surface area contributed by atoms with E-state index in [2.05, 4.69) is 20.0 Å². The predicted molar refractivity (Wildman–Crippen MR) is 82.9 cm³/mol. The lowest BCUT2D eigenvalue weighted by molar-refractivity contribution is 0.601. The highest BCUT2D eigenvalue weighted by atomic mass is 32.2. The van der Waals surface area contributed by atoms with E-state index in [1.54, 1.807) is 44.2 Å². The lowest BCUT2D eigenvalue weighted by Crippen LogP contribution is -2.15. The zero-order chi connectivity index (χ0) is 15.5. The summed E-state index contributed by atoms with van der Waals surface area (Å²) in [4.78, 5) is 8.33. The molecule has 0 atom stereocenters. The fourth-order valence-electron chi connectivity index (χ4n) is 1.91. The fourth-order valence-corrected chi connectivity index (χ4v) is 2.85. The van der Waals surface area contributed by atoms with Gasteiger partial charge in [0.05, 0.1) is 4.90 Å². The second-order valence-electron chi connectivity index (χ2n) is 4.63. The van der Waals surface area contributed by atoms with Crippen LogP contribution in [0.4, 0.5) is 11.6 Å². The third-order valence-electron chi connectivity index (χ3n) is 2.75. The Morgan fingerprint density at radius 1 is 1.05 bits per heavy atom. The second-order valence-corrected chi connectivity index (χ2v) is 6.32. The number of sulfonamides is 1. The molecule has 112 valence electrons. The Balaban J connectivity index is 2.25. The van der Waals surface area contributed by atoms with Gasteiger partial charge in [-0.25, -0.2) is 23.1 Å². The van der Waals surface area contributed by atoms with E-state index in [-0.39, 0.29) is 10.8 Å². The van der Waals surface area contributed by atoms with Crippen LogP contribution in [0.3, 0.4) is 0 Å². The number of nitrogens with zero attached hydrogens (tertiary/aromatic N) is 2. The third-order valence-corrected chi connectivity index (χ3v) is 4.10. The van der Waals surface area contributed by atoms with Crippen LogP contribution >= 0.6 is 0 Å². The molecule has 0 bridgehead atoms. The number of aromatic nitrogens is 2. The van der Waals surface area contributed by atoms with Gasteiger partial charge in [-0.3, -0.25) is 0 Å². The molecule has 0 unspecified atom stereocenters. The van der Waals surface area contributed by atoms with Crippen molar-refractivity contribution in [2.45, 2.75) is 25.7 Å². The second kappa shape index (κ2) is 6.09. The smallest absolute Gasteiger partial charge is 0.264 e. The first-order chi connectivity index (χ1) is 9.90. The normalized spacial score (nSPS) is 11.2. The van der Waals surface area contributed by atoms with Gasteiger partial charge in [-0.1, -0.05) is 0 Å². The van der Waals surface area contributed by atoms with Crippen LogP contribution in [0, 0.1) is 13.8 Å². The molecule has 0 fully saturated rings. The SMILES string of the molecule is CCNc1ccc(S(=O)(=O)Nc2nc(C)cc(C)n2)cc1. The summed E-state index contributed by atoms with van der Waals surface area (Å²) in [6.45, 7) is 6.33. The lowest BCUT2D eigenvalue weighted by atomic mass is 10.3. The lowest BCUT2D eigenvalue weighted by Gasteiger charge is -2.09. The Hall–Kier alpha value is -2.15. The van der Waals surface area contributed by atoms with E-state index in [0.29, 0.717) is 11.4 Å². The number of anilines is 2. The minimum Gasteiger partial charge on any atom is -0.385 e. The predicted octanol–water partition coefficient (Wildman–Crippen LogP) is 2.33. The first-order valence-electron chi connectivity index (χ1n) is 6.60. The average Bonchev–Trinajstić information content (AvgIpc) is 2.38. The van der Waals surface area contributed by atoms with Crippen molar-refractivity contribution >= 4 is 21.7 Å². The monoisotopic (exact) mass is 306 g/mol. The number of hydrogen-bond donors (Lipinski definition) is 2. The average molecular weight is 306 g/mol. The Morgan fingerprint density at radius 3 is 2.14 bits per heavy atom. The molecule has 2 aromatic rings. The van der Waals surface area contributed by atoms with Crippen molar-refractivity contribution in [1.29, 1.82) is 0 Å². The van der Waals surface area contributed by atoms with Crippen molar-refractivity contribution in [1.82, 2.24) is 9.97 Å². The zero-order valence-electron chi connectivity index (χ0n) is 12.2. The summed E-state index contributed by atoms with van der Waals surface area (Å²) < 4.78 is 27.0. The van der Waals surface area contributed by atoms with E-state index in [1.165, 1.54) is 0 Å². The first kappa shape index (κ1) is 15.2. The van der Waals surface area contributed by atoms with Crippen LogP contribution in [0.15, 0.2) is 35.2 Å². The zero-order valence-corrected chi connectivity index (χ0v) is 13.0. The number of rotatable bonds is 5. The molecule has 0 spiro atoms. The number of aryl methyl sites for hydroxylation is 2. The van der Waals surface area contributed by atoms with Crippen LogP contribution in [-0.2, 0) is 10.0 Å². The van der Waals surface area contributed by atoms with Crippen molar-refractivity contribution in [2.75, 3.05) is 16.6 Å². The molecule has 0 aliphatic rings. The molecular formula is C14H18N4O2S. The molecule has 6 nitrogen and oxygen atoms in total. The first-order valence-corrected chi connectivity index (χ1v) is 8.08. The molecule has 2 rings (SSSR count). The number of nitrogens with one attached hydrogen (secondary N) is 2. The molecule has 0 aliphatic heterocycles. The molecule has 21 heavy (non-hydrogen) atoms. The maximum Gasteiger partial charge on any atom is 0.264 e. The highest BCUT2D eigenvalue weighted by Crippen LogP contribution is 2.16. The molecule has 2 N–H and O–H groups in total.